The number of aliphatic hydroxyl groups is 1. The maximum absolute atomic E-state index is 12.5. The van der Waals surface area contributed by atoms with Gasteiger partial charge in [0.25, 0.3) is 0 Å². The molecular weight excluding hydrogens is 290 g/mol. The summed E-state index contributed by atoms with van der Waals surface area (Å²) in [6.45, 7) is 1.21. The molecule has 2 rings (SSSR count). The van der Waals surface area contributed by atoms with Crippen LogP contribution in [0.4, 0.5) is 5.82 Å². The Labute approximate surface area is 123 Å². The summed E-state index contributed by atoms with van der Waals surface area (Å²) < 4.78 is 27.4. The van der Waals surface area contributed by atoms with Gasteiger partial charge in [-0.25, -0.2) is 13.4 Å². The zero-order valence-electron chi connectivity index (χ0n) is 11.5. The summed E-state index contributed by atoms with van der Waals surface area (Å²) in [7, 11) is -3.91. The quantitative estimate of drug-likeness (QED) is 0.759. The molecule has 0 amide bonds. The number of nitrogens with two attached hydrogens (primary N) is 1. The third-order valence-electron chi connectivity index (χ3n) is 3.18. The van der Waals surface area contributed by atoms with Gasteiger partial charge >= 0.3 is 0 Å². The first kappa shape index (κ1) is 15.4. The van der Waals surface area contributed by atoms with Crippen LogP contribution in [0.25, 0.3) is 0 Å². The standard InChI is InChI=1S/C14H17N3O3S/c1-14(10-18,11-6-3-2-4-7-11)17-21(19,20)12-8-5-9-16-13(12)15/h2-9,17-18H,10H2,1H3,(H2,15,16). The Kier molecular flexibility index (Phi) is 4.26. The second kappa shape index (κ2) is 5.80. The predicted molar refractivity (Wildman–Crippen MR) is 79.9 cm³/mol. The van der Waals surface area contributed by atoms with Crippen molar-refractivity contribution in [1.82, 2.24) is 9.71 Å². The molecule has 4 N–H and O–H groups in total. The van der Waals surface area contributed by atoms with E-state index in [4.69, 9.17) is 5.73 Å². The van der Waals surface area contributed by atoms with Gasteiger partial charge in [0.2, 0.25) is 10.0 Å². The average molecular weight is 307 g/mol. The van der Waals surface area contributed by atoms with E-state index >= 15 is 0 Å². The molecule has 0 aliphatic carbocycles. The van der Waals surface area contributed by atoms with E-state index in [1.165, 1.54) is 18.3 Å². The molecule has 0 aliphatic rings. The van der Waals surface area contributed by atoms with Gasteiger partial charge in [0.1, 0.15) is 10.7 Å². The van der Waals surface area contributed by atoms with Crippen LogP contribution in [0.3, 0.4) is 0 Å². The third-order valence-corrected chi connectivity index (χ3v) is 4.82. The molecule has 0 saturated carbocycles. The number of hydrogen-bond acceptors (Lipinski definition) is 5. The van der Waals surface area contributed by atoms with Crippen molar-refractivity contribution in [3.63, 3.8) is 0 Å². The Hall–Kier alpha value is -1.96. The minimum Gasteiger partial charge on any atom is -0.394 e. The van der Waals surface area contributed by atoms with Gasteiger partial charge in [-0.05, 0) is 24.6 Å². The maximum Gasteiger partial charge on any atom is 0.245 e. The molecule has 112 valence electrons. The number of benzene rings is 1. The fourth-order valence-electron chi connectivity index (χ4n) is 1.97. The van der Waals surface area contributed by atoms with E-state index in [1.807, 2.05) is 6.07 Å². The number of nitrogens with one attached hydrogen (secondary N) is 1. The van der Waals surface area contributed by atoms with Crippen molar-refractivity contribution in [3.8, 4) is 0 Å². The van der Waals surface area contributed by atoms with Crippen molar-refractivity contribution in [3.05, 3.63) is 54.2 Å². The molecule has 0 saturated heterocycles. The molecule has 1 heterocycles. The van der Waals surface area contributed by atoms with Crippen LogP contribution in [-0.2, 0) is 15.6 Å². The van der Waals surface area contributed by atoms with Crippen LogP contribution in [0.15, 0.2) is 53.6 Å². The van der Waals surface area contributed by atoms with Gasteiger partial charge in [-0.2, -0.15) is 4.72 Å². The van der Waals surface area contributed by atoms with Crippen LogP contribution in [0.1, 0.15) is 12.5 Å². The number of aliphatic hydroxyl groups excluding tert-OH is 1. The molecule has 0 radical (unpaired) electrons. The normalized spacial score (nSPS) is 14.6. The lowest BCUT2D eigenvalue weighted by molar-refractivity contribution is 0.196. The summed E-state index contributed by atoms with van der Waals surface area (Å²) in [6, 6.07) is 11.7. The number of hydrogen-bond donors (Lipinski definition) is 3. The van der Waals surface area contributed by atoms with E-state index in [2.05, 4.69) is 9.71 Å². The highest BCUT2D eigenvalue weighted by Gasteiger charge is 2.32. The molecule has 2 aromatic rings. The van der Waals surface area contributed by atoms with Crippen molar-refractivity contribution >= 4 is 15.8 Å². The van der Waals surface area contributed by atoms with Crippen LogP contribution in [-0.4, -0.2) is 25.1 Å². The Morgan fingerprint density at radius 1 is 1.24 bits per heavy atom. The Bertz CT molecular complexity index is 719. The number of pyridine rings is 1. The largest absolute Gasteiger partial charge is 0.394 e. The van der Waals surface area contributed by atoms with Gasteiger partial charge in [0.15, 0.2) is 0 Å². The zero-order valence-corrected chi connectivity index (χ0v) is 12.3. The van der Waals surface area contributed by atoms with Gasteiger partial charge in [0, 0.05) is 6.20 Å². The number of anilines is 1. The zero-order chi connectivity index (χ0) is 15.5. The van der Waals surface area contributed by atoms with Crippen molar-refractivity contribution < 1.29 is 13.5 Å². The SMILES string of the molecule is CC(CO)(NS(=O)(=O)c1cccnc1N)c1ccccc1. The second-order valence-electron chi connectivity index (χ2n) is 4.85. The maximum atomic E-state index is 12.5. The molecule has 0 spiro atoms. The van der Waals surface area contributed by atoms with Crippen LogP contribution >= 0.6 is 0 Å². The van der Waals surface area contributed by atoms with Gasteiger partial charge in [-0.15, -0.1) is 0 Å². The summed E-state index contributed by atoms with van der Waals surface area (Å²) in [5, 5.41) is 9.64. The minimum atomic E-state index is -3.91. The number of rotatable bonds is 5. The first-order chi connectivity index (χ1) is 9.89. The molecule has 1 aromatic heterocycles. The summed E-state index contributed by atoms with van der Waals surface area (Å²) in [5.41, 5.74) is 5.11. The highest BCUT2D eigenvalue weighted by Crippen LogP contribution is 2.24. The second-order valence-corrected chi connectivity index (χ2v) is 6.50. The van der Waals surface area contributed by atoms with E-state index in [0.29, 0.717) is 5.56 Å². The molecule has 0 bridgehead atoms. The molecule has 1 atom stereocenters. The minimum absolute atomic E-state index is 0.0849. The van der Waals surface area contributed by atoms with Gasteiger partial charge in [-0.3, -0.25) is 0 Å². The van der Waals surface area contributed by atoms with Crippen molar-refractivity contribution in [1.29, 1.82) is 0 Å². The smallest absolute Gasteiger partial charge is 0.245 e. The number of nitrogens with zero attached hydrogens (tertiary/aromatic N) is 1. The van der Waals surface area contributed by atoms with Gasteiger partial charge < -0.3 is 10.8 Å². The average Bonchev–Trinajstić information content (AvgIpc) is 2.48. The van der Waals surface area contributed by atoms with Crippen molar-refractivity contribution in [2.75, 3.05) is 12.3 Å². The lowest BCUT2D eigenvalue weighted by atomic mass is 9.94. The van der Waals surface area contributed by atoms with Crippen LogP contribution in [0.5, 0.6) is 0 Å². The summed E-state index contributed by atoms with van der Waals surface area (Å²) in [5.74, 6) is -0.0849. The fraction of sp³-hybridized carbons (Fsp3) is 0.214. The number of nitrogen functional groups attached to an aromatic ring is 1. The number of aromatic nitrogens is 1. The topological polar surface area (TPSA) is 105 Å². The lowest BCUT2D eigenvalue weighted by Gasteiger charge is -2.29. The predicted octanol–water partition coefficient (Wildman–Crippen LogP) is 0.850. The number of sulfonamides is 1. The van der Waals surface area contributed by atoms with E-state index in [1.54, 1.807) is 31.2 Å². The first-order valence-corrected chi connectivity index (χ1v) is 7.78. The van der Waals surface area contributed by atoms with E-state index in [-0.39, 0.29) is 10.7 Å². The molecule has 1 aromatic carbocycles. The highest BCUT2D eigenvalue weighted by atomic mass is 32.2. The lowest BCUT2D eigenvalue weighted by Crippen LogP contribution is -2.46. The molecule has 0 aliphatic heterocycles. The third kappa shape index (κ3) is 3.21. The monoisotopic (exact) mass is 307 g/mol. The van der Waals surface area contributed by atoms with E-state index in [9.17, 15) is 13.5 Å². The molecule has 0 fully saturated rings. The van der Waals surface area contributed by atoms with E-state index < -0.39 is 22.2 Å². The molecule has 6 nitrogen and oxygen atoms in total. The Balaban J connectivity index is 2.41. The fourth-order valence-corrected chi connectivity index (χ4v) is 3.44. The summed E-state index contributed by atoms with van der Waals surface area (Å²) in [4.78, 5) is 3.66. The Morgan fingerprint density at radius 3 is 2.48 bits per heavy atom. The molecule has 1 unspecified atom stereocenters. The van der Waals surface area contributed by atoms with Crippen molar-refractivity contribution in [2.45, 2.75) is 17.4 Å². The van der Waals surface area contributed by atoms with Gasteiger partial charge in [0.05, 0.1) is 12.1 Å². The van der Waals surface area contributed by atoms with Crippen LogP contribution < -0.4 is 10.5 Å². The van der Waals surface area contributed by atoms with Crippen LogP contribution in [0.2, 0.25) is 0 Å². The van der Waals surface area contributed by atoms with Crippen molar-refractivity contribution in [2.24, 2.45) is 0 Å². The molecule has 21 heavy (non-hydrogen) atoms. The molecular formula is C14H17N3O3S. The van der Waals surface area contributed by atoms with Crippen LogP contribution in [0, 0.1) is 0 Å². The highest BCUT2D eigenvalue weighted by molar-refractivity contribution is 7.89. The summed E-state index contributed by atoms with van der Waals surface area (Å²) in [6.07, 6.45) is 1.41. The van der Waals surface area contributed by atoms with Gasteiger partial charge in [-0.1, -0.05) is 30.3 Å². The Morgan fingerprint density at radius 2 is 1.90 bits per heavy atom. The summed E-state index contributed by atoms with van der Waals surface area (Å²) >= 11 is 0. The molecule has 7 heteroatoms. The first-order valence-electron chi connectivity index (χ1n) is 6.30. The van der Waals surface area contributed by atoms with E-state index in [0.717, 1.165) is 0 Å².